The third kappa shape index (κ3) is 3.70. The van der Waals surface area contributed by atoms with Crippen LogP contribution in [0.4, 0.5) is 0 Å². The minimum Gasteiger partial charge on any atom is -0.493 e. The van der Waals surface area contributed by atoms with Crippen LogP contribution < -0.4 is 10.1 Å². The zero-order valence-corrected chi connectivity index (χ0v) is 11.3. The predicted molar refractivity (Wildman–Crippen MR) is 73.5 cm³/mol. The molecule has 1 aromatic rings. The van der Waals surface area contributed by atoms with E-state index in [-0.39, 0.29) is 12.5 Å². The van der Waals surface area contributed by atoms with Crippen molar-refractivity contribution in [3.63, 3.8) is 0 Å². The van der Waals surface area contributed by atoms with Crippen LogP contribution in [0.1, 0.15) is 42.9 Å². The van der Waals surface area contributed by atoms with Gasteiger partial charge in [0.15, 0.2) is 0 Å². The van der Waals surface area contributed by atoms with Crippen LogP contribution in [0, 0.1) is 0 Å². The van der Waals surface area contributed by atoms with Crippen molar-refractivity contribution >= 4 is 5.97 Å². The van der Waals surface area contributed by atoms with Crippen LogP contribution in [0.25, 0.3) is 0 Å². The summed E-state index contributed by atoms with van der Waals surface area (Å²) in [5.74, 6) is 0.268. The van der Waals surface area contributed by atoms with Gasteiger partial charge in [-0.3, -0.25) is 4.79 Å². The second-order valence-corrected chi connectivity index (χ2v) is 4.95. The minimum atomic E-state index is -0.728. The zero-order chi connectivity index (χ0) is 13.7. The van der Waals surface area contributed by atoms with Gasteiger partial charge in [-0.25, -0.2) is 0 Å². The Kier molecular flexibility index (Phi) is 4.80. The normalized spacial score (nSPS) is 15.4. The Morgan fingerprint density at radius 3 is 3.11 bits per heavy atom. The number of aryl methyl sites for hydroxylation is 1. The van der Waals surface area contributed by atoms with Gasteiger partial charge >= 0.3 is 5.97 Å². The van der Waals surface area contributed by atoms with Crippen LogP contribution in [0.3, 0.4) is 0 Å². The molecule has 1 atom stereocenters. The highest BCUT2D eigenvalue weighted by Crippen LogP contribution is 2.29. The zero-order valence-electron chi connectivity index (χ0n) is 11.3. The predicted octanol–water partition coefficient (Wildman–Crippen LogP) is 2.53. The molecule has 1 aliphatic heterocycles. The molecule has 0 bridgehead atoms. The number of hydrogen-bond acceptors (Lipinski definition) is 3. The maximum absolute atomic E-state index is 10.6. The van der Waals surface area contributed by atoms with Crippen LogP contribution in [0.15, 0.2) is 18.2 Å². The molecule has 0 radical (unpaired) electrons. The number of carboxylic acids is 1. The molecule has 0 saturated carbocycles. The first-order valence-electron chi connectivity index (χ1n) is 6.85. The summed E-state index contributed by atoms with van der Waals surface area (Å²) < 4.78 is 5.61. The van der Waals surface area contributed by atoms with Crippen LogP contribution in [0.5, 0.6) is 5.75 Å². The van der Waals surface area contributed by atoms with Crippen LogP contribution in [-0.4, -0.2) is 24.7 Å². The number of hydrogen-bond donors (Lipinski definition) is 2. The number of ether oxygens (including phenoxy) is 1. The highest BCUT2D eigenvalue weighted by atomic mass is 16.5. The summed E-state index contributed by atoms with van der Waals surface area (Å²) in [5.41, 5.74) is 2.49. The van der Waals surface area contributed by atoms with E-state index in [4.69, 9.17) is 9.84 Å². The Hall–Kier alpha value is -1.55. The standard InChI is InChI=1S/C15H21NO3/c1-16-13(5-2-6-15(17)18)11-7-8-14-12(10-11)4-3-9-19-14/h7-8,10,13,16H,2-6,9H2,1H3,(H,17,18). The summed E-state index contributed by atoms with van der Waals surface area (Å²) in [6.45, 7) is 0.806. The van der Waals surface area contributed by atoms with Crippen molar-refractivity contribution < 1.29 is 14.6 Å². The smallest absolute Gasteiger partial charge is 0.303 e. The SMILES string of the molecule is CNC(CCCC(=O)O)c1ccc2c(c1)CCCO2. The van der Waals surface area contributed by atoms with Gasteiger partial charge in [-0.05, 0) is 49.9 Å². The molecule has 104 valence electrons. The average molecular weight is 263 g/mol. The molecule has 4 heteroatoms. The number of aliphatic carboxylic acids is 1. The van der Waals surface area contributed by atoms with Crippen molar-refractivity contribution in [3.05, 3.63) is 29.3 Å². The van der Waals surface area contributed by atoms with Crippen molar-refractivity contribution in [3.8, 4) is 5.75 Å². The molecular formula is C15H21NO3. The van der Waals surface area contributed by atoms with E-state index in [1.165, 1.54) is 11.1 Å². The van der Waals surface area contributed by atoms with E-state index in [1.807, 2.05) is 13.1 Å². The lowest BCUT2D eigenvalue weighted by molar-refractivity contribution is -0.137. The molecule has 0 amide bonds. The van der Waals surface area contributed by atoms with Crippen molar-refractivity contribution in [2.24, 2.45) is 0 Å². The molecule has 1 unspecified atom stereocenters. The number of carbonyl (C=O) groups is 1. The molecule has 4 nitrogen and oxygen atoms in total. The lowest BCUT2D eigenvalue weighted by atomic mass is 9.96. The molecule has 19 heavy (non-hydrogen) atoms. The molecule has 1 aromatic carbocycles. The van der Waals surface area contributed by atoms with E-state index in [0.29, 0.717) is 6.42 Å². The second-order valence-electron chi connectivity index (χ2n) is 4.95. The molecule has 0 saturated heterocycles. The van der Waals surface area contributed by atoms with Crippen LogP contribution in [0.2, 0.25) is 0 Å². The Labute approximate surface area is 113 Å². The lowest BCUT2D eigenvalue weighted by Gasteiger charge is -2.21. The van der Waals surface area contributed by atoms with Gasteiger partial charge in [0.2, 0.25) is 0 Å². The van der Waals surface area contributed by atoms with Gasteiger partial charge in [0.25, 0.3) is 0 Å². The minimum absolute atomic E-state index is 0.214. The molecule has 0 fully saturated rings. The van der Waals surface area contributed by atoms with Gasteiger partial charge in [0, 0.05) is 12.5 Å². The number of rotatable bonds is 6. The molecule has 0 aromatic heterocycles. The molecule has 0 spiro atoms. The quantitative estimate of drug-likeness (QED) is 0.828. The highest BCUT2D eigenvalue weighted by Gasteiger charge is 2.15. The largest absolute Gasteiger partial charge is 0.493 e. The van der Waals surface area contributed by atoms with Crippen molar-refractivity contribution in [2.45, 2.75) is 38.1 Å². The maximum Gasteiger partial charge on any atom is 0.303 e. The molecular weight excluding hydrogens is 242 g/mol. The van der Waals surface area contributed by atoms with Gasteiger partial charge < -0.3 is 15.2 Å². The van der Waals surface area contributed by atoms with Gasteiger partial charge in [-0.1, -0.05) is 12.1 Å². The van der Waals surface area contributed by atoms with Gasteiger partial charge in [-0.15, -0.1) is 0 Å². The van der Waals surface area contributed by atoms with Gasteiger partial charge in [-0.2, -0.15) is 0 Å². The highest BCUT2D eigenvalue weighted by molar-refractivity contribution is 5.66. The number of carboxylic acid groups (broad SMARTS) is 1. The Morgan fingerprint density at radius 2 is 2.37 bits per heavy atom. The topological polar surface area (TPSA) is 58.6 Å². The van der Waals surface area contributed by atoms with E-state index in [0.717, 1.165) is 31.6 Å². The molecule has 2 rings (SSSR count). The van der Waals surface area contributed by atoms with Gasteiger partial charge in [0.1, 0.15) is 5.75 Å². The molecule has 1 aliphatic rings. The van der Waals surface area contributed by atoms with Crippen molar-refractivity contribution in [1.29, 1.82) is 0 Å². The van der Waals surface area contributed by atoms with E-state index >= 15 is 0 Å². The van der Waals surface area contributed by atoms with Crippen molar-refractivity contribution in [2.75, 3.05) is 13.7 Å². The number of benzene rings is 1. The summed E-state index contributed by atoms with van der Waals surface area (Å²) in [6.07, 6.45) is 3.89. The fraction of sp³-hybridized carbons (Fsp3) is 0.533. The summed E-state index contributed by atoms with van der Waals surface area (Å²) in [5, 5.41) is 12.0. The first kappa shape index (κ1) is 13.9. The fourth-order valence-electron chi connectivity index (χ4n) is 2.53. The summed E-state index contributed by atoms with van der Waals surface area (Å²) >= 11 is 0. The van der Waals surface area contributed by atoms with Gasteiger partial charge in [0.05, 0.1) is 6.61 Å². The third-order valence-electron chi connectivity index (χ3n) is 3.57. The van der Waals surface area contributed by atoms with E-state index in [2.05, 4.69) is 17.4 Å². The summed E-state index contributed by atoms with van der Waals surface area (Å²) in [4.78, 5) is 10.6. The molecule has 0 aliphatic carbocycles. The third-order valence-corrected chi connectivity index (χ3v) is 3.57. The van der Waals surface area contributed by atoms with Crippen LogP contribution in [-0.2, 0) is 11.2 Å². The maximum atomic E-state index is 10.6. The Balaban J connectivity index is 2.03. The molecule has 1 heterocycles. The van der Waals surface area contributed by atoms with Crippen LogP contribution >= 0.6 is 0 Å². The first-order valence-corrected chi connectivity index (χ1v) is 6.85. The van der Waals surface area contributed by atoms with Crippen molar-refractivity contribution in [1.82, 2.24) is 5.32 Å². The van der Waals surface area contributed by atoms with E-state index < -0.39 is 5.97 Å². The van der Waals surface area contributed by atoms with E-state index in [9.17, 15) is 4.79 Å². The first-order chi connectivity index (χ1) is 9.20. The Morgan fingerprint density at radius 1 is 1.53 bits per heavy atom. The monoisotopic (exact) mass is 263 g/mol. The molecule has 2 N–H and O–H groups in total. The second kappa shape index (κ2) is 6.57. The lowest BCUT2D eigenvalue weighted by Crippen LogP contribution is -2.17. The average Bonchev–Trinajstić information content (AvgIpc) is 2.43. The Bertz CT molecular complexity index is 445. The number of fused-ring (bicyclic) bond motifs is 1. The number of nitrogens with one attached hydrogen (secondary N) is 1. The summed E-state index contributed by atoms with van der Waals surface area (Å²) in [6, 6.07) is 6.51. The van der Waals surface area contributed by atoms with E-state index in [1.54, 1.807) is 0 Å². The fourth-order valence-corrected chi connectivity index (χ4v) is 2.53. The summed E-state index contributed by atoms with van der Waals surface area (Å²) in [7, 11) is 1.92.